The standard InChI is InChI=1S/C19H23N3O2S/c1-22(13-7-4-2-3-5-8-13)11-16-20-18(23)17-14(12-25-19(17)21-16)15-9-6-10-24-15/h6,9-10,12-13H,2-5,7-8,11H2,1H3,(H,20,21,23). The van der Waals surface area contributed by atoms with Crippen molar-refractivity contribution in [3.05, 3.63) is 40.0 Å². The van der Waals surface area contributed by atoms with E-state index < -0.39 is 0 Å². The number of fused-ring (bicyclic) bond motifs is 1. The summed E-state index contributed by atoms with van der Waals surface area (Å²) in [6.45, 7) is 0.684. The molecule has 4 rings (SSSR count). The number of rotatable bonds is 4. The van der Waals surface area contributed by atoms with Gasteiger partial charge in [-0.3, -0.25) is 9.69 Å². The van der Waals surface area contributed by atoms with E-state index >= 15 is 0 Å². The van der Waals surface area contributed by atoms with E-state index in [9.17, 15) is 4.79 Å². The van der Waals surface area contributed by atoms with Crippen LogP contribution < -0.4 is 5.56 Å². The van der Waals surface area contributed by atoms with E-state index in [2.05, 4.69) is 16.9 Å². The topological polar surface area (TPSA) is 62.1 Å². The molecule has 0 aliphatic heterocycles. The predicted octanol–water partition coefficient (Wildman–Crippen LogP) is 4.40. The molecule has 0 aromatic carbocycles. The lowest BCUT2D eigenvalue weighted by Gasteiger charge is -2.26. The Morgan fingerprint density at radius 2 is 2.12 bits per heavy atom. The lowest BCUT2D eigenvalue weighted by molar-refractivity contribution is 0.208. The van der Waals surface area contributed by atoms with Crippen molar-refractivity contribution in [3.63, 3.8) is 0 Å². The zero-order valence-electron chi connectivity index (χ0n) is 14.5. The van der Waals surface area contributed by atoms with Crippen LogP contribution in [-0.4, -0.2) is 28.0 Å². The van der Waals surface area contributed by atoms with Crippen LogP contribution in [0.25, 0.3) is 21.5 Å². The Morgan fingerprint density at radius 1 is 1.32 bits per heavy atom. The molecule has 5 nitrogen and oxygen atoms in total. The van der Waals surface area contributed by atoms with E-state index in [0.717, 1.165) is 16.2 Å². The third-order valence-corrected chi connectivity index (χ3v) is 6.00. The molecule has 0 radical (unpaired) electrons. The Labute approximate surface area is 150 Å². The van der Waals surface area contributed by atoms with Gasteiger partial charge in [0.25, 0.3) is 5.56 Å². The summed E-state index contributed by atoms with van der Waals surface area (Å²) in [5.41, 5.74) is 0.740. The summed E-state index contributed by atoms with van der Waals surface area (Å²) >= 11 is 1.50. The second-order valence-corrected chi connectivity index (χ2v) is 7.74. The highest BCUT2D eigenvalue weighted by molar-refractivity contribution is 7.17. The minimum Gasteiger partial charge on any atom is -0.464 e. The normalized spacial score (nSPS) is 16.6. The highest BCUT2D eigenvalue weighted by Gasteiger charge is 2.19. The van der Waals surface area contributed by atoms with Gasteiger partial charge in [-0.1, -0.05) is 25.7 Å². The first-order chi connectivity index (χ1) is 12.2. The van der Waals surface area contributed by atoms with Crippen LogP contribution in [0.3, 0.4) is 0 Å². The van der Waals surface area contributed by atoms with Gasteiger partial charge in [0.15, 0.2) is 0 Å². The number of aromatic nitrogens is 2. The Kier molecular flexibility index (Phi) is 4.72. The van der Waals surface area contributed by atoms with Crippen LogP contribution >= 0.6 is 11.3 Å². The molecule has 1 aliphatic carbocycles. The number of aromatic amines is 1. The van der Waals surface area contributed by atoms with Crippen molar-refractivity contribution in [2.75, 3.05) is 7.05 Å². The van der Waals surface area contributed by atoms with Crippen molar-refractivity contribution < 1.29 is 4.42 Å². The maximum absolute atomic E-state index is 12.6. The molecule has 3 aromatic heterocycles. The molecule has 0 unspecified atom stereocenters. The molecule has 1 aliphatic rings. The maximum atomic E-state index is 12.6. The summed E-state index contributed by atoms with van der Waals surface area (Å²) in [4.78, 5) is 23.4. The molecule has 1 saturated carbocycles. The Balaban J connectivity index is 1.60. The van der Waals surface area contributed by atoms with Crippen LogP contribution in [0.1, 0.15) is 44.3 Å². The van der Waals surface area contributed by atoms with E-state index in [1.54, 1.807) is 6.26 Å². The molecule has 0 spiro atoms. The molecule has 25 heavy (non-hydrogen) atoms. The second kappa shape index (κ2) is 7.14. The fourth-order valence-corrected chi connectivity index (χ4v) is 4.69. The van der Waals surface area contributed by atoms with Gasteiger partial charge in [-0.15, -0.1) is 11.3 Å². The summed E-state index contributed by atoms with van der Waals surface area (Å²) in [6, 6.07) is 4.29. The largest absolute Gasteiger partial charge is 0.464 e. The number of H-pyrrole nitrogens is 1. The Bertz CT molecular complexity index is 889. The first-order valence-electron chi connectivity index (χ1n) is 8.97. The maximum Gasteiger partial charge on any atom is 0.260 e. The summed E-state index contributed by atoms with van der Waals surface area (Å²) in [7, 11) is 2.14. The molecular weight excluding hydrogens is 334 g/mol. The van der Waals surface area contributed by atoms with Crippen LogP contribution in [0.5, 0.6) is 0 Å². The average Bonchev–Trinajstić information content (AvgIpc) is 3.18. The van der Waals surface area contributed by atoms with Crippen molar-refractivity contribution in [2.24, 2.45) is 0 Å². The summed E-state index contributed by atoms with van der Waals surface area (Å²) in [5, 5.41) is 2.57. The minimum atomic E-state index is -0.0816. The zero-order chi connectivity index (χ0) is 17.2. The number of thiophene rings is 1. The predicted molar refractivity (Wildman–Crippen MR) is 101 cm³/mol. The van der Waals surface area contributed by atoms with Crippen LogP contribution in [0, 0.1) is 0 Å². The SMILES string of the molecule is CN(Cc1nc2scc(-c3ccco3)c2c(=O)[nH]1)C1CCCCCC1. The Morgan fingerprint density at radius 3 is 2.84 bits per heavy atom. The van der Waals surface area contributed by atoms with Gasteiger partial charge in [-0.05, 0) is 32.0 Å². The first-order valence-corrected chi connectivity index (χ1v) is 9.85. The monoisotopic (exact) mass is 357 g/mol. The van der Waals surface area contributed by atoms with Gasteiger partial charge in [0.1, 0.15) is 16.4 Å². The third-order valence-electron chi connectivity index (χ3n) is 5.13. The van der Waals surface area contributed by atoms with E-state index in [4.69, 9.17) is 9.40 Å². The van der Waals surface area contributed by atoms with Gasteiger partial charge in [-0.2, -0.15) is 0 Å². The van der Waals surface area contributed by atoms with Gasteiger partial charge >= 0.3 is 0 Å². The highest BCUT2D eigenvalue weighted by Crippen LogP contribution is 2.31. The fourth-order valence-electron chi connectivity index (χ4n) is 3.75. The third kappa shape index (κ3) is 3.41. The van der Waals surface area contributed by atoms with Crippen LogP contribution in [0.2, 0.25) is 0 Å². The molecular formula is C19H23N3O2S. The second-order valence-electron chi connectivity index (χ2n) is 6.88. The van der Waals surface area contributed by atoms with Crippen molar-refractivity contribution in [1.82, 2.24) is 14.9 Å². The van der Waals surface area contributed by atoms with Crippen molar-refractivity contribution in [1.29, 1.82) is 0 Å². The molecule has 3 aromatic rings. The van der Waals surface area contributed by atoms with E-state index in [1.807, 2.05) is 17.5 Å². The van der Waals surface area contributed by atoms with E-state index in [0.29, 0.717) is 23.7 Å². The first kappa shape index (κ1) is 16.5. The van der Waals surface area contributed by atoms with Crippen molar-refractivity contribution in [3.8, 4) is 11.3 Å². The summed E-state index contributed by atoms with van der Waals surface area (Å²) in [6.07, 6.45) is 9.39. The summed E-state index contributed by atoms with van der Waals surface area (Å²) < 4.78 is 5.44. The fraction of sp³-hybridized carbons (Fsp3) is 0.474. The average molecular weight is 357 g/mol. The molecule has 3 heterocycles. The number of nitrogens with one attached hydrogen (secondary N) is 1. The number of hydrogen-bond acceptors (Lipinski definition) is 5. The highest BCUT2D eigenvalue weighted by atomic mass is 32.1. The molecule has 1 N–H and O–H groups in total. The van der Waals surface area contributed by atoms with Crippen LogP contribution in [0.4, 0.5) is 0 Å². The quantitative estimate of drug-likeness (QED) is 0.703. The van der Waals surface area contributed by atoms with Crippen molar-refractivity contribution in [2.45, 2.75) is 51.1 Å². The van der Waals surface area contributed by atoms with Gasteiger partial charge in [0.05, 0.1) is 18.2 Å². The van der Waals surface area contributed by atoms with E-state index in [1.165, 1.54) is 49.9 Å². The lowest BCUT2D eigenvalue weighted by Crippen LogP contribution is -2.32. The molecule has 0 amide bonds. The summed E-state index contributed by atoms with van der Waals surface area (Å²) in [5.74, 6) is 1.46. The Hall–Kier alpha value is -1.92. The number of hydrogen-bond donors (Lipinski definition) is 1. The van der Waals surface area contributed by atoms with Gasteiger partial charge in [-0.25, -0.2) is 4.98 Å². The molecule has 132 valence electrons. The molecule has 0 bridgehead atoms. The van der Waals surface area contributed by atoms with E-state index in [-0.39, 0.29) is 5.56 Å². The minimum absolute atomic E-state index is 0.0816. The molecule has 1 fully saturated rings. The smallest absolute Gasteiger partial charge is 0.260 e. The van der Waals surface area contributed by atoms with Crippen LogP contribution in [0.15, 0.2) is 33.0 Å². The van der Waals surface area contributed by atoms with Gasteiger partial charge in [0.2, 0.25) is 0 Å². The number of furan rings is 1. The van der Waals surface area contributed by atoms with Gasteiger partial charge < -0.3 is 9.40 Å². The van der Waals surface area contributed by atoms with Gasteiger partial charge in [0, 0.05) is 17.0 Å². The lowest BCUT2D eigenvalue weighted by atomic mass is 10.1. The number of nitrogens with zero attached hydrogens (tertiary/aromatic N) is 2. The molecule has 0 atom stereocenters. The van der Waals surface area contributed by atoms with Crippen LogP contribution in [-0.2, 0) is 6.54 Å². The molecule has 0 saturated heterocycles. The zero-order valence-corrected chi connectivity index (χ0v) is 15.3. The van der Waals surface area contributed by atoms with Crippen molar-refractivity contribution >= 4 is 21.6 Å². The molecule has 6 heteroatoms.